The van der Waals surface area contributed by atoms with Crippen molar-refractivity contribution < 1.29 is 9.21 Å². The van der Waals surface area contributed by atoms with Crippen molar-refractivity contribution in [3.8, 4) is 0 Å². The number of hydrogen-bond donors (Lipinski definition) is 1. The summed E-state index contributed by atoms with van der Waals surface area (Å²) in [5, 5.41) is 2.68. The number of imidazole rings is 1. The number of rotatable bonds is 5. The molecule has 108 valence electrons. The molecular formula is C14H20N4O2. The van der Waals surface area contributed by atoms with Crippen LogP contribution in [0.1, 0.15) is 43.6 Å². The third-order valence-electron chi connectivity index (χ3n) is 3.30. The molecule has 0 aliphatic heterocycles. The fourth-order valence-corrected chi connectivity index (χ4v) is 2.08. The van der Waals surface area contributed by atoms with Gasteiger partial charge in [-0.15, -0.1) is 0 Å². The Kier molecular flexibility index (Phi) is 4.22. The number of carbonyl (C=O) groups is 1. The van der Waals surface area contributed by atoms with Crippen LogP contribution in [0.4, 0.5) is 6.01 Å². The van der Waals surface area contributed by atoms with Crippen molar-refractivity contribution in [3.05, 3.63) is 29.7 Å². The van der Waals surface area contributed by atoms with E-state index in [1.807, 2.05) is 38.5 Å². The van der Waals surface area contributed by atoms with Gasteiger partial charge in [0.05, 0.1) is 5.69 Å². The maximum absolute atomic E-state index is 12.0. The molecule has 0 aromatic carbocycles. The monoisotopic (exact) mass is 276 g/mol. The average molecular weight is 276 g/mol. The Morgan fingerprint density at radius 3 is 2.85 bits per heavy atom. The second kappa shape index (κ2) is 5.90. The Morgan fingerprint density at radius 1 is 1.50 bits per heavy atom. The third kappa shape index (κ3) is 3.07. The van der Waals surface area contributed by atoms with E-state index in [0.29, 0.717) is 6.42 Å². The molecule has 0 aliphatic carbocycles. The quantitative estimate of drug-likeness (QED) is 0.911. The smallest absolute Gasteiger partial charge is 0.301 e. The number of anilines is 1. The van der Waals surface area contributed by atoms with Crippen LogP contribution in [0.5, 0.6) is 0 Å². The summed E-state index contributed by atoms with van der Waals surface area (Å²) < 4.78 is 7.36. The predicted molar refractivity (Wildman–Crippen MR) is 75.5 cm³/mol. The molecule has 1 N–H and O–H groups in total. The van der Waals surface area contributed by atoms with Crippen molar-refractivity contribution in [2.45, 2.75) is 46.6 Å². The zero-order valence-corrected chi connectivity index (χ0v) is 12.3. The molecule has 6 nitrogen and oxygen atoms in total. The van der Waals surface area contributed by atoms with Gasteiger partial charge in [-0.3, -0.25) is 10.1 Å². The standard InChI is InChI=1S/C14H20N4O2/c1-5-12-15-6-7-18(12)9(2)8-13(19)17-14-16-10(3)11(4)20-14/h6-7,9H,5,8H2,1-4H3,(H,16,17,19). The van der Waals surface area contributed by atoms with Gasteiger partial charge >= 0.3 is 6.01 Å². The van der Waals surface area contributed by atoms with Gasteiger partial charge in [-0.2, -0.15) is 4.98 Å². The first-order chi connectivity index (χ1) is 9.51. The number of hydrogen-bond acceptors (Lipinski definition) is 4. The van der Waals surface area contributed by atoms with Crippen LogP contribution >= 0.6 is 0 Å². The summed E-state index contributed by atoms with van der Waals surface area (Å²) in [6.07, 6.45) is 4.85. The molecule has 0 spiro atoms. The van der Waals surface area contributed by atoms with E-state index in [-0.39, 0.29) is 18.0 Å². The molecule has 0 saturated heterocycles. The van der Waals surface area contributed by atoms with Gasteiger partial charge in [0.1, 0.15) is 11.6 Å². The fourth-order valence-electron chi connectivity index (χ4n) is 2.08. The number of oxazole rings is 1. The summed E-state index contributed by atoms with van der Waals surface area (Å²) in [6.45, 7) is 7.70. The van der Waals surface area contributed by atoms with Crippen molar-refractivity contribution in [2.24, 2.45) is 0 Å². The van der Waals surface area contributed by atoms with Gasteiger partial charge in [0.15, 0.2) is 0 Å². The van der Waals surface area contributed by atoms with E-state index in [0.717, 1.165) is 23.7 Å². The summed E-state index contributed by atoms with van der Waals surface area (Å²) in [6, 6.07) is 0.308. The normalized spacial score (nSPS) is 12.4. The van der Waals surface area contributed by atoms with Crippen LogP contribution in [0, 0.1) is 13.8 Å². The Hall–Kier alpha value is -2.11. The Labute approximate surface area is 118 Å². The van der Waals surface area contributed by atoms with Crippen molar-refractivity contribution in [1.82, 2.24) is 14.5 Å². The Balaban J connectivity index is 1.97. The van der Waals surface area contributed by atoms with Gasteiger partial charge in [-0.1, -0.05) is 6.92 Å². The summed E-state index contributed by atoms with van der Waals surface area (Å²) in [5.41, 5.74) is 0.788. The largest absolute Gasteiger partial charge is 0.428 e. The van der Waals surface area contributed by atoms with Crippen LogP contribution in [0.2, 0.25) is 0 Å². The molecule has 0 aliphatic rings. The van der Waals surface area contributed by atoms with Crippen molar-refractivity contribution >= 4 is 11.9 Å². The summed E-state index contributed by atoms with van der Waals surface area (Å²) in [7, 11) is 0. The number of aryl methyl sites for hydroxylation is 3. The molecule has 0 saturated carbocycles. The van der Waals surface area contributed by atoms with E-state index in [4.69, 9.17) is 4.42 Å². The van der Waals surface area contributed by atoms with E-state index < -0.39 is 0 Å². The van der Waals surface area contributed by atoms with Gasteiger partial charge in [-0.05, 0) is 20.8 Å². The number of carbonyl (C=O) groups excluding carboxylic acids is 1. The second-order valence-corrected chi connectivity index (χ2v) is 4.87. The maximum atomic E-state index is 12.0. The van der Waals surface area contributed by atoms with Crippen LogP contribution in [0.15, 0.2) is 16.8 Å². The maximum Gasteiger partial charge on any atom is 0.301 e. The lowest BCUT2D eigenvalue weighted by Gasteiger charge is -2.14. The Morgan fingerprint density at radius 2 is 2.25 bits per heavy atom. The lowest BCUT2D eigenvalue weighted by molar-refractivity contribution is -0.117. The van der Waals surface area contributed by atoms with Gasteiger partial charge in [0.25, 0.3) is 0 Å². The lowest BCUT2D eigenvalue weighted by Crippen LogP contribution is -2.18. The molecule has 0 radical (unpaired) electrons. The van der Waals surface area contributed by atoms with Gasteiger partial charge in [0.2, 0.25) is 5.91 Å². The summed E-state index contributed by atoms with van der Waals surface area (Å²) in [5.74, 6) is 1.58. The van der Waals surface area contributed by atoms with Gasteiger partial charge in [0, 0.05) is 31.3 Å². The van der Waals surface area contributed by atoms with E-state index in [1.54, 1.807) is 6.20 Å². The highest BCUT2D eigenvalue weighted by atomic mass is 16.4. The van der Waals surface area contributed by atoms with Crippen LogP contribution in [-0.4, -0.2) is 20.4 Å². The Bertz CT molecular complexity index is 581. The number of nitrogens with zero attached hydrogens (tertiary/aromatic N) is 3. The average Bonchev–Trinajstić information content (AvgIpc) is 2.96. The number of amides is 1. The van der Waals surface area contributed by atoms with E-state index in [1.165, 1.54) is 0 Å². The van der Waals surface area contributed by atoms with E-state index >= 15 is 0 Å². The highest BCUT2D eigenvalue weighted by Gasteiger charge is 2.15. The first-order valence-electron chi connectivity index (χ1n) is 6.76. The zero-order chi connectivity index (χ0) is 14.7. The highest BCUT2D eigenvalue weighted by molar-refractivity contribution is 5.88. The predicted octanol–water partition coefficient (Wildman–Crippen LogP) is 2.64. The highest BCUT2D eigenvalue weighted by Crippen LogP contribution is 2.17. The summed E-state index contributed by atoms with van der Waals surface area (Å²) >= 11 is 0. The molecule has 1 unspecified atom stereocenters. The molecule has 2 rings (SSSR count). The molecular weight excluding hydrogens is 256 g/mol. The number of aromatic nitrogens is 3. The molecule has 1 amide bonds. The first-order valence-corrected chi connectivity index (χ1v) is 6.76. The lowest BCUT2D eigenvalue weighted by atomic mass is 10.2. The minimum Gasteiger partial charge on any atom is -0.428 e. The molecule has 0 bridgehead atoms. The topological polar surface area (TPSA) is 73.0 Å². The molecule has 20 heavy (non-hydrogen) atoms. The third-order valence-corrected chi connectivity index (χ3v) is 3.30. The second-order valence-electron chi connectivity index (χ2n) is 4.87. The van der Waals surface area contributed by atoms with E-state index in [2.05, 4.69) is 15.3 Å². The van der Waals surface area contributed by atoms with Crippen LogP contribution in [0.3, 0.4) is 0 Å². The van der Waals surface area contributed by atoms with E-state index in [9.17, 15) is 4.79 Å². The fraction of sp³-hybridized carbons (Fsp3) is 0.500. The SMILES string of the molecule is CCc1nccn1C(C)CC(=O)Nc1nc(C)c(C)o1. The van der Waals surface area contributed by atoms with Crippen molar-refractivity contribution in [1.29, 1.82) is 0 Å². The van der Waals surface area contributed by atoms with Crippen LogP contribution in [0.25, 0.3) is 0 Å². The minimum atomic E-state index is -0.116. The number of nitrogens with one attached hydrogen (secondary N) is 1. The first kappa shape index (κ1) is 14.3. The molecule has 2 heterocycles. The summed E-state index contributed by atoms with van der Waals surface area (Å²) in [4.78, 5) is 20.4. The van der Waals surface area contributed by atoms with Gasteiger partial charge < -0.3 is 8.98 Å². The minimum absolute atomic E-state index is 0.0459. The van der Waals surface area contributed by atoms with Crippen molar-refractivity contribution in [3.63, 3.8) is 0 Å². The molecule has 6 heteroatoms. The molecule has 0 fully saturated rings. The zero-order valence-electron chi connectivity index (χ0n) is 12.3. The van der Waals surface area contributed by atoms with Crippen LogP contribution < -0.4 is 5.32 Å². The van der Waals surface area contributed by atoms with Crippen molar-refractivity contribution in [2.75, 3.05) is 5.32 Å². The molecule has 2 aromatic rings. The van der Waals surface area contributed by atoms with Gasteiger partial charge in [-0.25, -0.2) is 4.98 Å². The van der Waals surface area contributed by atoms with Crippen LogP contribution in [-0.2, 0) is 11.2 Å². The molecule has 2 aromatic heterocycles. The molecule has 1 atom stereocenters.